The van der Waals surface area contributed by atoms with Gasteiger partial charge >= 0.3 is 5.97 Å². The Kier molecular flexibility index (Phi) is 6.68. The number of benzene rings is 1. The van der Waals surface area contributed by atoms with Crippen molar-refractivity contribution in [3.63, 3.8) is 0 Å². The molecule has 0 heterocycles. The van der Waals surface area contributed by atoms with Crippen LogP contribution < -0.4 is 0 Å². The van der Waals surface area contributed by atoms with Crippen molar-refractivity contribution in [2.45, 2.75) is 50.7 Å². The molecular weight excluding hydrogens is 332 g/mol. The molecule has 24 heavy (non-hydrogen) atoms. The van der Waals surface area contributed by atoms with E-state index in [9.17, 15) is 18.0 Å². The average molecular weight is 356 g/mol. The molecule has 0 amide bonds. The molecule has 0 aliphatic rings. The van der Waals surface area contributed by atoms with E-state index in [1.807, 2.05) is 0 Å². The van der Waals surface area contributed by atoms with Crippen LogP contribution in [0.2, 0.25) is 0 Å². The van der Waals surface area contributed by atoms with E-state index in [1.54, 1.807) is 20.8 Å². The van der Waals surface area contributed by atoms with Crippen molar-refractivity contribution in [2.24, 2.45) is 0 Å². The van der Waals surface area contributed by atoms with Gasteiger partial charge in [-0.15, -0.1) is 0 Å². The maximum atomic E-state index is 12.7. The number of sulfone groups is 1. The van der Waals surface area contributed by atoms with E-state index < -0.39 is 21.4 Å². The molecule has 0 saturated carbocycles. The molecule has 7 heteroatoms. The first kappa shape index (κ1) is 20.3. The van der Waals surface area contributed by atoms with Crippen molar-refractivity contribution in [1.29, 1.82) is 0 Å². The normalized spacial score (nSPS) is 14.2. The number of ether oxygens (including phenoxy) is 2. The van der Waals surface area contributed by atoms with E-state index >= 15 is 0 Å². The molecule has 0 aliphatic carbocycles. The molecule has 0 unspecified atom stereocenters. The summed E-state index contributed by atoms with van der Waals surface area (Å²) in [6.45, 7) is 6.63. The molecule has 1 rings (SSSR count). The first-order chi connectivity index (χ1) is 11.0. The Balaban J connectivity index is 2.94. The third-order valence-electron chi connectivity index (χ3n) is 3.57. The molecule has 0 saturated heterocycles. The van der Waals surface area contributed by atoms with Gasteiger partial charge in [0.05, 0.1) is 11.0 Å². The van der Waals surface area contributed by atoms with Crippen LogP contribution in [0.15, 0.2) is 29.2 Å². The van der Waals surface area contributed by atoms with E-state index in [0.29, 0.717) is 0 Å². The predicted octanol–water partition coefficient (Wildman–Crippen LogP) is 2.41. The Morgan fingerprint density at radius 1 is 1.17 bits per heavy atom. The third kappa shape index (κ3) is 5.42. The minimum Gasteiger partial charge on any atom is -0.449 e. The van der Waals surface area contributed by atoms with Crippen LogP contribution in [0.5, 0.6) is 0 Å². The topological polar surface area (TPSA) is 86.7 Å². The quantitative estimate of drug-likeness (QED) is 0.525. The van der Waals surface area contributed by atoms with Crippen molar-refractivity contribution < 1.29 is 27.5 Å². The van der Waals surface area contributed by atoms with Gasteiger partial charge in [-0.05, 0) is 51.5 Å². The van der Waals surface area contributed by atoms with Gasteiger partial charge in [-0.3, -0.25) is 4.79 Å². The standard InChI is InChI=1S/C17H24O6S/c1-6-17(4,23-15(18)11-22-12(2)3)16(19)13-7-9-14(10-8-13)24(5,20)21/h7-10,12H,6,11H2,1-5H3/t17-/m0/s1. The fourth-order valence-corrected chi connectivity index (χ4v) is 2.58. The lowest BCUT2D eigenvalue weighted by molar-refractivity contribution is -0.161. The summed E-state index contributed by atoms with van der Waals surface area (Å²) in [5, 5.41) is 0. The molecule has 0 radical (unpaired) electrons. The summed E-state index contributed by atoms with van der Waals surface area (Å²) in [5.41, 5.74) is -1.05. The summed E-state index contributed by atoms with van der Waals surface area (Å²) < 4.78 is 33.4. The third-order valence-corrected chi connectivity index (χ3v) is 4.70. The lowest BCUT2D eigenvalue weighted by Gasteiger charge is -2.27. The van der Waals surface area contributed by atoms with Crippen molar-refractivity contribution in [3.8, 4) is 0 Å². The number of Topliss-reactive ketones (excluding diaryl/α,β-unsaturated/α-hetero) is 1. The Hall–Kier alpha value is -1.73. The number of esters is 1. The van der Waals surface area contributed by atoms with Crippen LogP contribution in [0.4, 0.5) is 0 Å². The lowest BCUT2D eigenvalue weighted by Crippen LogP contribution is -2.41. The minimum atomic E-state index is -3.33. The highest BCUT2D eigenvalue weighted by atomic mass is 32.2. The van der Waals surface area contributed by atoms with E-state index in [0.717, 1.165) is 6.26 Å². The molecule has 1 aromatic carbocycles. The number of carbonyl (C=O) groups is 2. The highest BCUT2D eigenvalue weighted by Gasteiger charge is 2.36. The van der Waals surface area contributed by atoms with Gasteiger partial charge in [0.2, 0.25) is 5.78 Å². The molecule has 1 atom stereocenters. The zero-order valence-electron chi connectivity index (χ0n) is 14.7. The van der Waals surface area contributed by atoms with Gasteiger partial charge in [0.25, 0.3) is 0 Å². The Labute approximate surface area is 143 Å². The minimum absolute atomic E-state index is 0.121. The molecule has 1 aromatic rings. The zero-order chi connectivity index (χ0) is 18.5. The van der Waals surface area contributed by atoms with Crippen LogP contribution in [0.1, 0.15) is 44.5 Å². The van der Waals surface area contributed by atoms with Crippen molar-refractivity contribution in [2.75, 3.05) is 12.9 Å². The first-order valence-electron chi connectivity index (χ1n) is 7.68. The van der Waals surface area contributed by atoms with Crippen LogP contribution in [0.25, 0.3) is 0 Å². The summed E-state index contributed by atoms with van der Waals surface area (Å²) in [6, 6.07) is 5.57. The summed E-state index contributed by atoms with van der Waals surface area (Å²) in [7, 11) is -3.33. The lowest BCUT2D eigenvalue weighted by atomic mass is 9.92. The summed E-state index contributed by atoms with van der Waals surface area (Å²) in [6.07, 6.45) is 1.26. The van der Waals surface area contributed by atoms with Crippen LogP contribution in [-0.4, -0.2) is 44.7 Å². The average Bonchev–Trinajstić information content (AvgIpc) is 2.51. The molecule has 0 aliphatic heterocycles. The second kappa shape index (κ2) is 7.90. The maximum absolute atomic E-state index is 12.7. The smallest absolute Gasteiger partial charge is 0.333 e. The zero-order valence-corrected chi connectivity index (χ0v) is 15.5. The Morgan fingerprint density at radius 2 is 1.71 bits per heavy atom. The maximum Gasteiger partial charge on any atom is 0.333 e. The van der Waals surface area contributed by atoms with Gasteiger partial charge in [-0.1, -0.05) is 6.92 Å². The monoisotopic (exact) mass is 356 g/mol. The molecule has 0 N–H and O–H groups in total. The molecular formula is C17H24O6S. The Morgan fingerprint density at radius 3 is 2.12 bits per heavy atom. The van der Waals surface area contributed by atoms with Crippen LogP contribution in [0, 0.1) is 0 Å². The fraction of sp³-hybridized carbons (Fsp3) is 0.529. The summed E-state index contributed by atoms with van der Waals surface area (Å²) in [4.78, 5) is 24.7. The Bertz CT molecular complexity index is 690. The van der Waals surface area contributed by atoms with Gasteiger partial charge in [0.15, 0.2) is 15.4 Å². The van der Waals surface area contributed by atoms with E-state index in [4.69, 9.17) is 9.47 Å². The van der Waals surface area contributed by atoms with Crippen LogP contribution in [0.3, 0.4) is 0 Å². The molecule has 0 spiro atoms. The van der Waals surface area contributed by atoms with Gasteiger partial charge in [0.1, 0.15) is 6.61 Å². The summed E-state index contributed by atoms with van der Waals surface area (Å²) in [5.74, 6) is -1.00. The van der Waals surface area contributed by atoms with Crippen LogP contribution >= 0.6 is 0 Å². The van der Waals surface area contributed by atoms with Gasteiger partial charge < -0.3 is 9.47 Å². The second-order valence-corrected chi connectivity index (χ2v) is 8.06. The summed E-state index contributed by atoms with van der Waals surface area (Å²) >= 11 is 0. The van der Waals surface area contributed by atoms with Crippen LogP contribution in [-0.2, 0) is 24.1 Å². The fourth-order valence-electron chi connectivity index (χ4n) is 1.95. The molecule has 134 valence electrons. The van der Waals surface area contributed by atoms with Gasteiger partial charge in [-0.25, -0.2) is 13.2 Å². The van der Waals surface area contributed by atoms with Gasteiger partial charge in [-0.2, -0.15) is 0 Å². The van der Waals surface area contributed by atoms with Gasteiger partial charge in [0, 0.05) is 11.8 Å². The predicted molar refractivity (Wildman–Crippen MR) is 89.8 cm³/mol. The molecule has 0 aromatic heterocycles. The number of ketones is 1. The number of hydrogen-bond acceptors (Lipinski definition) is 6. The highest BCUT2D eigenvalue weighted by molar-refractivity contribution is 7.90. The highest BCUT2D eigenvalue weighted by Crippen LogP contribution is 2.23. The van der Waals surface area contributed by atoms with E-state index in [-0.39, 0.29) is 35.4 Å². The SMILES string of the molecule is CC[C@](C)(OC(=O)COC(C)C)C(=O)c1ccc(S(C)(=O)=O)cc1. The first-order valence-corrected chi connectivity index (χ1v) is 9.57. The van der Waals surface area contributed by atoms with Crippen molar-refractivity contribution >= 4 is 21.6 Å². The number of carbonyl (C=O) groups excluding carboxylic acids is 2. The largest absolute Gasteiger partial charge is 0.449 e. The van der Waals surface area contributed by atoms with E-state index in [2.05, 4.69) is 0 Å². The second-order valence-electron chi connectivity index (χ2n) is 6.04. The molecule has 0 bridgehead atoms. The molecule has 0 fully saturated rings. The van der Waals surface area contributed by atoms with Crippen molar-refractivity contribution in [3.05, 3.63) is 29.8 Å². The van der Waals surface area contributed by atoms with Crippen molar-refractivity contribution in [1.82, 2.24) is 0 Å². The molecule has 6 nitrogen and oxygen atoms in total. The van der Waals surface area contributed by atoms with E-state index in [1.165, 1.54) is 31.2 Å². The number of rotatable bonds is 8. The number of hydrogen-bond donors (Lipinski definition) is 0.